The topological polar surface area (TPSA) is 85.3 Å². The number of hydrogen-bond acceptors (Lipinski definition) is 4. The van der Waals surface area contributed by atoms with E-state index in [9.17, 15) is 9.59 Å². The molecule has 0 unspecified atom stereocenters. The summed E-state index contributed by atoms with van der Waals surface area (Å²) in [5, 5.41) is 4.48. The first kappa shape index (κ1) is 22.1. The Morgan fingerprint density at radius 2 is 1.55 bits per heavy atom. The number of rotatable bonds is 6. The van der Waals surface area contributed by atoms with Crippen LogP contribution in [0.4, 0.5) is 0 Å². The number of amides is 2. The molecule has 8 heteroatoms. The van der Waals surface area contributed by atoms with E-state index in [0.29, 0.717) is 11.4 Å². The molecule has 2 N–H and O–H groups in total. The van der Waals surface area contributed by atoms with Crippen LogP contribution in [0.15, 0.2) is 84.9 Å². The van der Waals surface area contributed by atoms with E-state index in [2.05, 4.69) is 16.0 Å². The van der Waals surface area contributed by atoms with Crippen LogP contribution in [0.5, 0.6) is 5.75 Å². The summed E-state index contributed by atoms with van der Waals surface area (Å²) in [6.07, 6.45) is 0. The number of nitrogens with one attached hydrogen (secondary N) is 2. The number of carbonyl (C=O) groups excluding carboxylic acids is 2. The van der Waals surface area contributed by atoms with Crippen LogP contribution < -0.4 is 15.6 Å². The lowest BCUT2D eigenvalue weighted by molar-refractivity contribution is -0.123. The van der Waals surface area contributed by atoms with Crippen LogP contribution in [0.1, 0.15) is 16.1 Å². The van der Waals surface area contributed by atoms with Gasteiger partial charge in [-0.1, -0.05) is 78.3 Å². The summed E-state index contributed by atoms with van der Waals surface area (Å²) in [6.45, 7) is 1.39. The van der Waals surface area contributed by atoms with Crippen molar-refractivity contribution in [3.05, 3.63) is 101 Å². The Hall–Kier alpha value is -4.10. The number of ether oxygens (including phenoxy) is 1. The van der Waals surface area contributed by atoms with Crippen molar-refractivity contribution in [2.75, 3.05) is 6.61 Å². The minimum absolute atomic E-state index is 0.151. The van der Waals surface area contributed by atoms with Crippen molar-refractivity contribution in [2.24, 2.45) is 0 Å². The highest BCUT2D eigenvalue weighted by Crippen LogP contribution is 2.29. The van der Waals surface area contributed by atoms with Crippen molar-refractivity contribution in [3.8, 4) is 22.6 Å². The van der Waals surface area contributed by atoms with Crippen molar-refractivity contribution in [1.29, 1.82) is 0 Å². The second kappa shape index (κ2) is 10.0. The van der Waals surface area contributed by atoms with Gasteiger partial charge in [-0.3, -0.25) is 20.4 Å². The van der Waals surface area contributed by atoms with Crippen LogP contribution in [-0.4, -0.2) is 28.2 Å². The van der Waals surface area contributed by atoms with E-state index in [1.807, 2.05) is 78.9 Å². The summed E-state index contributed by atoms with van der Waals surface area (Å²) in [5.74, 6) is -0.527. The summed E-state index contributed by atoms with van der Waals surface area (Å²) in [4.78, 5) is 24.9. The van der Waals surface area contributed by atoms with Gasteiger partial charge in [0.2, 0.25) is 0 Å². The van der Waals surface area contributed by atoms with Crippen LogP contribution in [0.3, 0.4) is 0 Å². The van der Waals surface area contributed by atoms with Gasteiger partial charge >= 0.3 is 0 Å². The first-order valence-corrected chi connectivity index (χ1v) is 10.6. The van der Waals surface area contributed by atoms with Gasteiger partial charge in [0.05, 0.1) is 11.4 Å². The summed E-state index contributed by atoms with van der Waals surface area (Å²) < 4.78 is 7.16. The van der Waals surface area contributed by atoms with Crippen molar-refractivity contribution in [2.45, 2.75) is 6.92 Å². The van der Waals surface area contributed by atoms with E-state index in [1.165, 1.54) is 4.68 Å². The molecular weight excluding hydrogens is 440 g/mol. The molecule has 1 aromatic heterocycles. The van der Waals surface area contributed by atoms with E-state index in [-0.39, 0.29) is 17.3 Å². The molecule has 0 spiro atoms. The van der Waals surface area contributed by atoms with Gasteiger partial charge in [0.1, 0.15) is 16.5 Å². The fourth-order valence-electron chi connectivity index (χ4n) is 3.31. The van der Waals surface area contributed by atoms with Gasteiger partial charge in [-0.2, -0.15) is 5.10 Å². The number of carbonyl (C=O) groups is 2. The SMILES string of the molecule is Cc1nn(-c2ccccc2)c(Cl)c1C(=O)NNC(=O)COc1ccccc1-c1ccccc1. The molecule has 7 nitrogen and oxygen atoms in total. The monoisotopic (exact) mass is 460 g/mol. The molecule has 2 amide bonds. The molecule has 33 heavy (non-hydrogen) atoms. The maximum atomic E-state index is 12.6. The lowest BCUT2D eigenvalue weighted by Crippen LogP contribution is -2.44. The smallest absolute Gasteiger partial charge is 0.276 e. The van der Waals surface area contributed by atoms with Crippen molar-refractivity contribution in [1.82, 2.24) is 20.6 Å². The minimum atomic E-state index is -0.572. The highest BCUT2D eigenvalue weighted by atomic mass is 35.5. The number of para-hydroxylation sites is 2. The van der Waals surface area contributed by atoms with E-state index in [4.69, 9.17) is 16.3 Å². The lowest BCUT2D eigenvalue weighted by atomic mass is 10.1. The van der Waals surface area contributed by atoms with Gasteiger partial charge in [0.25, 0.3) is 11.8 Å². The molecule has 4 rings (SSSR count). The normalized spacial score (nSPS) is 10.5. The van der Waals surface area contributed by atoms with Crippen LogP contribution >= 0.6 is 11.6 Å². The molecule has 0 bridgehead atoms. The Balaban J connectivity index is 1.38. The Morgan fingerprint density at radius 1 is 0.909 bits per heavy atom. The Bertz CT molecular complexity index is 1270. The van der Waals surface area contributed by atoms with Gasteiger partial charge in [-0.05, 0) is 30.7 Å². The molecule has 0 aliphatic carbocycles. The van der Waals surface area contributed by atoms with Gasteiger partial charge in [0.15, 0.2) is 6.61 Å². The zero-order chi connectivity index (χ0) is 23.2. The van der Waals surface area contributed by atoms with Crippen molar-refractivity contribution >= 4 is 23.4 Å². The summed E-state index contributed by atoms with van der Waals surface area (Å²) >= 11 is 6.39. The van der Waals surface area contributed by atoms with Gasteiger partial charge in [-0.25, -0.2) is 4.68 Å². The number of aromatic nitrogens is 2. The summed E-state index contributed by atoms with van der Waals surface area (Å²) in [6, 6.07) is 26.4. The van der Waals surface area contributed by atoms with E-state index in [1.54, 1.807) is 13.0 Å². The third-order valence-corrected chi connectivity index (χ3v) is 5.23. The minimum Gasteiger partial charge on any atom is -0.483 e. The molecule has 1 heterocycles. The van der Waals surface area contributed by atoms with Crippen LogP contribution in [0, 0.1) is 6.92 Å². The zero-order valence-corrected chi connectivity index (χ0v) is 18.5. The number of aryl methyl sites for hydroxylation is 1. The number of benzene rings is 3. The highest BCUT2D eigenvalue weighted by Gasteiger charge is 2.21. The van der Waals surface area contributed by atoms with Crippen LogP contribution in [0.25, 0.3) is 16.8 Å². The number of nitrogens with zero attached hydrogens (tertiary/aromatic N) is 2. The molecule has 0 aliphatic heterocycles. The summed E-state index contributed by atoms with van der Waals surface area (Å²) in [7, 11) is 0. The molecule has 0 saturated carbocycles. The maximum Gasteiger partial charge on any atom is 0.276 e. The molecule has 4 aromatic rings. The largest absolute Gasteiger partial charge is 0.483 e. The fourth-order valence-corrected chi connectivity index (χ4v) is 3.67. The Morgan fingerprint density at radius 3 is 2.27 bits per heavy atom. The highest BCUT2D eigenvalue weighted by molar-refractivity contribution is 6.33. The fraction of sp³-hybridized carbons (Fsp3) is 0.0800. The molecular formula is C25H21ClN4O3. The predicted molar refractivity (Wildman–Crippen MR) is 126 cm³/mol. The molecule has 0 fully saturated rings. The van der Waals surface area contributed by atoms with Crippen molar-refractivity contribution < 1.29 is 14.3 Å². The Kier molecular flexibility index (Phi) is 6.71. The van der Waals surface area contributed by atoms with Gasteiger partial charge < -0.3 is 4.74 Å². The molecule has 166 valence electrons. The van der Waals surface area contributed by atoms with Crippen molar-refractivity contribution in [3.63, 3.8) is 0 Å². The first-order valence-electron chi connectivity index (χ1n) is 10.2. The molecule has 3 aromatic carbocycles. The second-order valence-electron chi connectivity index (χ2n) is 7.15. The molecule has 0 atom stereocenters. The van der Waals surface area contributed by atoms with Crippen LogP contribution in [-0.2, 0) is 4.79 Å². The average molecular weight is 461 g/mol. The maximum absolute atomic E-state index is 12.6. The first-order chi connectivity index (χ1) is 16.0. The van der Waals surface area contributed by atoms with E-state index >= 15 is 0 Å². The van der Waals surface area contributed by atoms with E-state index < -0.39 is 11.8 Å². The summed E-state index contributed by atoms with van der Waals surface area (Å²) in [5.41, 5.74) is 7.90. The number of hydrazine groups is 1. The molecule has 0 saturated heterocycles. The average Bonchev–Trinajstić information content (AvgIpc) is 3.16. The van der Waals surface area contributed by atoms with E-state index in [0.717, 1.165) is 16.8 Å². The molecule has 0 aliphatic rings. The number of hydrogen-bond donors (Lipinski definition) is 2. The Labute approximate surface area is 195 Å². The lowest BCUT2D eigenvalue weighted by Gasteiger charge is -2.12. The zero-order valence-electron chi connectivity index (χ0n) is 17.8. The third-order valence-electron chi connectivity index (χ3n) is 4.88. The molecule has 0 radical (unpaired) electrons. The standard InChI is InChI=1S/C25H21ClN4O3/c1-17-23(24(26)30(29-17)19-12-6-3-7-13-19)25(32)28-27-22(31)16-33-21-15-9-8-14-20(21)18-10-4-2-5-11-18/h2-15H,16H2,1H3,(H,27,31)(H,28,32). The van der Waals surface area contributed by atoms with Gasteiger partial charge in [-0.15, -0.1) is 0 Å². The van der Waals surface area contributed by atoms with Crippen LogP contribution in [0.2, 0.25) is 5.15 Å². The second-order valence-corrected chi connectivity index (χ2v) is 7.51. The predicted octanol–water partition coefficient (Wildman–Crippen LogP) is 4.34. The number of halogens is 1. The quantitative estimate of drug-likeness (QED) is 0.419. The van der Waals surface area contributed by atoms with Gasteiger partial charge in [0, 0.05) is 5.56 Å². The third kappa shape index (κ3) is 5.05.